The molecule has 1 heterocycles. The molecule has 0 saturated carbocycles. The van der Waals surface area contributed by atoms with E-state index in [1.807, 2.05) is 6.92 Å². The first kappa shape index (κ1) is 12.3. The summed E-state index contributed by atoms with van der Waals surface area (Å²) in [6.45, 7) is 6.97. The Morgan fingerprint density at radius 2 is 1.88 bits per heavy atom. The van der Waals surface area contributed by atoms with Crippen LogP contribution in [0.2, 0.25) is 0 Å². The Morgan fingerprint density at radius 3 is 2.53 bits per heavy atom. The predicted octanol–water partition coefficient (Wildman–Crippen LogP) is 1.46. The molecule has 1 aliphatic heterocycles. The molecule has 0 aliphatic carbocycles. The van der Waals surface area contributed by atoms with E-state index in [4.69, 9.17) is 5.73 Å². The number of rotatable bonds is 2. The van der Waals surface area contributed by atoms with Gasteiger partial charge in [-0.2, -0.15) is 0 Å². The lowest BCUT2D eigenvalue weighted by atomic mass is 10.1. The molecule has 1 aromatic rings. The topological polar surface area (TPSA) is 32.5 Å². The molecule has 2 rings (SSSR count). The Kier molecular flexibility index (Phi) is 3.64. The van der Waals surface area contributed by atoms with Crippen LogP contribution in [-0.2, 0) is 6.54 Å². The number of piperazine rings is 1. The van der Waals surface area contributed by atoms with Crippen molar-refractivity contribution in [2.45, 2.75) is 13.5 Å². The zero-order chi connectivity index (χ0) is 12.4. The van der Waals surface area contributed by atoms with E-state index in [1.165, 1.54) is 6.07 Å². The minimum atomic E-state index is -0.239. The van der Waals surface area contributed by atoms with Gasteiger partial charge in [-0.15, -0.1) is 0 Å². The van der Waals surface area contributed by atoms with Gasteiger partial charge in [0.25, 0.3) is 0 Å². The maximum Gasteiger partial charge on any atom is 0.125 e. The fourth-order valence-corrected chi connectivity index (χ4v) is 2.17. The highest BCUT2D eigenvalue weighted by molar-refractivity contribution is 5.50. The number of nitrogens with zero attached hydrogens (tertiary/aromatic N) is 2. The summed E-state index contributed by atoms with van der Waals surface area (Å²) < 4.78 is 13.3. The van der Waals surface area contributed by atoms with E-state index in [9.17, 15) is 4.39 Å². The van der Waals surface area contributed by atoms with Gasteiger partial charge >= 0.3 is 0 Å². The number of halogens is 1. The van der Waals surface area contributed by atoms with Gasteiger partial charge in [0.05, 0.1) is 0 Å². The molecule has 0 spiro atoms. The Balaban J connectivity index is 2.08. The Morgan fingerprint density at radius 1 is 1.24 bits per heavy atom. The van der Waals surface area contributed by atoms with E-state index in [1.54, 1.807) is 6.07 Å². The molecule has 0 radical (unpaired) electrons. The normalized spacial score (nSPS) is 18.5. The van der Waals surface area contributed by atoms with Crippen molar-refractivity contribution in [3.8, 4) is 0 Å². The van der Waals surface area contributed by atoms with Gasteiger partial charge in [0.1, 0.15) is 5.82 Å². The Bertz CT molecular complexity index is 398. The van der Waals surface area contributed by atoms with Crippen LogP contribution in [0.1, 0.15) is 11.1 Å². The van der Waals surface area contributed by atoms with Crippen LogP contribution in [0.15, 0.2) is 12.1 Å². The van der Waals surface area contributed by atoms with Crippen LogP contribution in [0.5, 0.6) is 0 Å². The maximum atomic E-state index is 13.3. The van der Waals surface area contributed by atoms with Gasteiger partial charge in [0.2, 0.25) is 0 Å². The van der Waals surface area contributed by atoms with E-state index < -0.39 is 0 Å². The maximum absolute atomic E-state index is 13.3. The third kappa shape index (κ3) is 2.96. The number of nitrogen functional groups attached to an aromatic ring is 1. The molecule has 0 atom stereocenters. The van der Waals surface area contributed by atoms with E-state index in [0.717, 1.165) is 43.9 Å². The number of nitrogens with two attached hydrogens (primary N) is 1. The first-order chi connectivity index (χ1) is 8.06. The predicted molar refractivity (Wildman–Crippen MR) is 68.3 cm³/mol. The third-order valence-corrected chi connectivity index (χ3v) is 3.51. The van der Waals surface area contributed by atoms with Gasteiger partial charge in [0.15, 0.2) is 0 Å². The van der Waals surface area contributed by atoms with Gasteiger partial charge in [-0.3, -0.25) is 4.90 Å². The van der Waals surface area contributed by atoms with Crippen LogP contribution in [0.4, 0.5) is 10.1 Å². The molecule has 4 heteroatoms. The summed E-state index contributed by atoms with van der Waals surface area (Å²) in [4.78, 5) is 4.66. The first-order valence-corrected chi connectivity index (χ1v) is 6.01. The number of anilines is 1. The van der Waals surface area contributed by atoms with Gasteiger partial charge in [-0.05, 0) is 37.2 Å². The largest absolute Gasteiger partial charge is 0.398 e. The highest BCUT2D eigenvalue weighted by atomic mass is 19.1. The van der Waals surface area contributed by atoms with Crippen LogP contribution in [0.25, 0.3) is 0 Å². The van der Waals surface area contributed by atoms with Gasteiger partial charge < -0.3 is 10.6 Å². The minimum Gasteiger partial charge on any atom is -0.398 e. The van der Waals surface area contributed by atoms with Crippen LogP contribution in [0, 0.1) is 12.7 Å². The zero-order valence-electron chi connectivity index (χ0n) is 10.5. The summed E-state index contributed by atoms with van der Waals surface area (Å²) >= 11 is 0. The number of benzene rings is 1. The van der Waals surface area contributed by atoms with Gasteiger partial charge in [-0.1, -0.05) is 0 Å². The second kappa shape index (κ2) is 5.02. The molecule has 1 aliphatic rings. The molecule has 0 amide bonds. The van der Waals surface area contributed by atoms with Crippen molar-refractivity contribution in [1.82, 2.24) is 9.80 Å². The Labute approximate surface area is 102 Å². The molecule has 0 aromatic heterocycles. The van der Waals surface area contributed by atoms with Crippen LogP contribution < -0.4 is 5.73 Å². The lowest BCUT2D eigenvalue weighted by molar-refractivity contribution is 0.148. The van der Waals surface area contributed by atoms with E-state index >= 15 is 0 Å². The average Bonchev–Trinajstić information content (AvgIpc) is 2.28. The molecular weight excluding hydrogens is 217 g/mol. The van der Waals surface area contributed by atoms with Crippen LogP contribution in [-0.4, -0.2) is 43.0 Å². The highest BCUT2D eigenvalue weighted by Gasteiger charge is 2.15. The molecule has 1 aromatic carbocycles. The second-order valence-electron chi connectivity index (χ2n) is 4.86. The van der Waals surface area contributed by atoms with Crippen molar-refractivity contribution in [2.24, 2.45) is 0 Å². The summed E-state index contributed by atoms with van der Waals surface area (Å²) in [6.07, 6.45) is 0. The fourth-order valence-electron chi connectivity index (χ4n) is 2.17. The highest BCUT2D eigenvalue weighted by Crippen LogP contribution is 2.20. The van der Waals surface area contributed by atoms with Crippen molar-refractivity contribution >= 4 is 5.69 Å². The average molecular weight is 237 g/mol. The van der Waals surface area contributed by atoms with Crippen molar-refractivity contribution in [2.75, 3.05) is 39.0 Å². The number of hydrogen-bond acceptors (Lipinski definition) is 3. The monoisotopic (exact) mass is 237 g/mol. The zero-order valence-corrected chi connectivity index (χ0v) is 10.5. The first-order valence-electron chi connectivity index (χ1n) is 6.01. The van der Waals surface area contributed by atoms with Gasteiger partial charge in [0, 0.05) is 38.4 Å². The SMILES string of the molecule is Cc1c(N)cc(F)cc1CN1CCN(C)CC1. The summed E-state index contributed by atoms with van der Waals surface area (Å²) in [5.74, 6) is -0.239. The molecule has 17 heavy (non-hydrogen) atoms. The lowest BCUT2D eigenvalue weighted by Gasteiger charge is -2.32. The number of likely N-dealkylation sites (N-methyl/N-ethyl adjacent to an activating group) is 1. The van der Waals surface area contributed by atoms with Crippen molar-refractivity contribution in [1.29, 1.82) is 0 Å². The number of hydrogen-bond donors (Lipinski definition) is 1. The quantitative estimate of drug-likeness (QED) is 0.790. The Hall–Kier alpha value is -1.13. The third-order valence-electron chi connectivity index (χ3n) is 3.51. The molecule has 1 fully saturated rings. The summed E-state index contributed by atoms with van der Waals surface area (Å²) in [5, 5.41) is 0. The van der Waals surface area contributed by atoms with E-state index in [2.05, 4.69) is 16.8 Å². The fraction of sp³-hybridized carbons (Fsp3) is 0.538. The van der Waals surface area contributed by atoms with Crippen LogP contribution in [0.3, 0.4) is 0 Å². The minimum absolute atomic E-state index is 0.239. The molecule has 0 unspecified atom stereocenters. The van der Waals surface area contributed by atoms with Gasteiger partial charge in [-0.25, -0.2) is 4.39 Å². The second-order valence-corrected chi connectivity index (χ2v) is 4.86. The standard InChI is InChI=1S/C13H20FN3/c1-10-11(7-12(14)8-13(10)15)9-17-5-3-16(2)4-6-17/h7-8H,3-6,9,15H2,1-2H3. The smallest absolute Gasteiger partial charge is 0.125 e. The van der Waals surface area contributed by atoms with E-state index in [0.29, 0.717) is 5.69 Å². The summed E-state index contributed by atoms with van der Waals surface area (Å²) in [5.41, 5.74) is 8.34. The molecule has 2 N–H and O–H groups in total. The molecule has 94 valence electrons. The van der Waals surface area contributed by atoms with Crippen molar-refractivity contribution in [3.63, 3.8) is 0 Å². The van der Waals surface area contributed by atoms with E-state index in [-0.39, 0.29) is 5.82 Å². The summed E-state index contributed by atoms with van der Waals surface area (Å²) in [6, 6.07) is 2.99. The van der Waals surface area contributed by atoms with Crippen LogP contribution >= 0.6 is 0 Å². The lowest BCUT2D eigenvalue weighted by Crippen LogP contribution is -2.44. The molecule has 1 saturated heterocycles. The van der Waals surface area contributed by atoms with Crippen molar-refractivity contribution < 1.29 is 4.39 Å². The van der Waals surface area contributed by atoms with Crippen molar-refractivity contribution in [3.05, 3.63) is 29.1 Å². The molecule has 3 nitrogen and oxygen atoms in total. The molecular formula is C13H20FN3. The summed E-state index contributed by atoms with van der Waals surface area (Å²) in [7, 11) is 2.13. The molecule has 0 bridgehead atoms.